The van der Waals surface area contributed by atoms with E-state index in [1.165, 1.54) is 10.5 Å². The normalized spacial score (nSPS) is 19.4. The Morgan fingerprint density at radius 2 is 2.15 bits per heavy atom. The molecule has 1 unspecified atom stereocenters. The monoisotopic (exact) mass is 376 g/mol. The summed E-state index contributed by atoms with van der Waals surface area (Å²) < 4.78 is 11.1. The summed E-state index contributed by atoms with van der Waals surface area (Å²) in [6.07, 6.45) is 0.956. The van der Waals surface area contributed by atoms with Gasteiger partial charge in [-0.15, -0.1) is 0 Å². The average molecular weight is 376 g/mol. The van der Waals surface area contributed by atoms with Crippen molar-refractivity contribution in [3.8, 4) is 5.75 Å². The van der Waals surface area contributed by atoms with Crippen molar-refractivity contribution in [1.29, 1.82) is 0 Å². The SMILES string of the molecule is CC(C)CN(Cc1ccc2c(c1)OCCC2)C(=O)C1COCCN1C(=O)O. The molecule has 1 saturated heterocycles. The molecule has 2 heterocycles. The number of ether oxygens (including phenoxy) is 2. The minimum absolute atomic E-state index is 0.104. The third-order valence-corrected chi connectivity index (χ3v) is 4.91. The Kier molecular flexibility index (Phi) is 6.21. The van der Waals surface area contributed by atoms with Crippen molar-refractivity contribution < 1.29 is 24.2 Å². The van der Waals surface area contributed by atoms with Crippen LogP contribution in [0.2, 0.25) is 0 Å². The molecular formula is C20H28N2O5. The summed E-state index contributed by atoms with van der Waals surface area (Å²) in [5.74, 6) is 0.957. The number of aryl methyl sites for hydroxylation is 1. The van der Waals surface area contributed by atoms with E-state index in [1.807, 2.05) is 26.0 Å². The molecule has 0 spiro atoms. The average Bonchev–Trinajstić information content (AvgIpc) is 2.66. The number of carboxylic acid groups (broad SMARTS) is 1. The van der Waals surface area contributed by atoms with Crippen molar-refractivity contribution in [2.45, 2.75) is 39.3 Å². The Balaban J connectivity index is 1.78. The molecule has 3 rings (SSSR count). The minimum Gasteiger partial charge on any atom is -0.493 e. The first-order valence-corrected chi connectivity index (χ1v) is 9.56. The molecule has 0 aromatic heterocycles. The third-order valence-electron chi connectivity index (χ3n) is 4.91. The van der Waals surface area contributed by atoms with Crippen LogP contribution in [0, 0.1) is 5.92 Å². The molecule has 0 radical (unpaired) electrons. The number of nitrogens with zero attached hydrogens (tertiary/aromatic N) is 2. The van der Waals surface area contributed by atoms with Crippen molar-refractivity contribution in [2.75, 3.05) is 32.9 Å². The number of hydrogen-bond donors (Lipinski definition) is 1. The predicted molar refractivity (Wildman–Crippen MR) is 99.9 cm³/mol. The van der Waals surface area contributed by atoms with Crippen LogP contribution < -0.4 is 4.74 Å². The van der Waals surface area contributed by atoms with Gasteiger partial charge in [0.2, 0.25) is 5.91 Å². The lowest BCUT2D eigenvalue weighted by Crippen LogP contribution is -2.56. The van der Waals surface area contributed by atoms with E-state index in [-0.39, 0.29) is 25.0 Å². The van der Waals surface area contributed by atoms with Crippen LogP contribution in [0.5, 0.6) is 5.75 Å². The highest BCUT2D eigenvalue weighted by Crippen LogP contribution is 2.26. The fourth-order valence-electron chi connectivity index (χ4n) is 3.62. The van der Waals surface area contributed by atoms with Crippen LogP contribution in [0.25, 0.3) is 0 Å². The first-order valence-electron chi connectivity index (χ1n) is 9.56. The maximum atomic E-state index is 13.2. The lowest BCUT2D eigenvalue weighted by atomic mass is 10.0. The van der Waals surface area contributed by atoms with E-state index in [1.54, 1.807) is 4.90 Å². The van der Waals surface area contributed by atoms with E-state index in [4.69, 9.17) is 9.47 Å². The van der Waals surface area contributed by atoms with Gasteiger partial charge in [0.05, 0.1) is 19.8 Å². The van der Waals surface area contributed by atoms with Crippen molar-refractivity contribution in [3.63, 3.8) is 0 Å². The quantitative estimate of drug-likeness (QED) is 0.854. The van der Waals surface area contributed by atoms with Gasteiger partial charge >= 0.3 is 6.09 Å². The maximum Gasteiger partial charge on any atom is 0.408 e. The summed E-state index contributed by atoms with van der Waals surface area (Å²) in [6.45, 7) is 6.44. The second kappa shape index (κ2) is 8.61. The van der Waals surface area contributed by atoms with E-state index in [0.29, 0.717) is 19.7 Å². The number of carbonyl (C=O) groups is 2. The Morgan fingerprint density at radius 3 is 2.89 bits per heavy atom. The van der Waals surface area contributed by atoms with Gasteiger partial charge in [0.25, 0.3) is 0 Å². The van der Waals surface area contributed by atoms with Crippen molar-refractivity contribution in [1.82, 2.24) is 9.80 Å². The highest BCUT2D eigenvalue weighted by Gasteiger charge is 2.35. The lowest BCUT2D eigenvalue weighted by Gasteiger charge is -2.36. The molecule has 1 aromatic carbocycles. The smallest absolute Gasteiger partial charge is 0.408 e. The maximum absolute atomic E-state index is 13.2. The van der Waals surface area contributed by atoms with Crippen LogP contribution in [0.4, 0.5) is 4.79 Å². The van der Waals surface area contributed by atoms with Crippen molar-refractivity contribution in [3.05, 3.63) is 29.3 Å². The van der Waals surface area contributed by atoms with E-state index >= 15 is 0 Å². The number of morpholine rings is 1. The molecule has 1 N–H and O–H groups in total. The molecule has 1 fully saturated rings. The molecule has 0 saturated carbocycles. The predicted octanol–water partition coefficient (Wildman–Crippen LogP) is 2.38. The Morgan fingerprint density at radius 1 is 1.33 bits per heavy atom. The molecule has 7 nitrogen and oxygen atoms in total. The number of amides is 2. The van der Waals surface area contributed by atoms with Crippen LogP contribution in [0.1, 0.15) is 31.4 Å². The van der Waals surface area contributed by atoms with Crippen LogP contribution in [-0.2, 0) is 22.5 Å². The van der Waals surface area contributed by atoms with Crippen molar-refractivity contribution >= 4 is 12.0 Å². The molecule has 2 aliphatic heterocycles. The number of benzene rings is 1. The highest BCUT2D eigenvalue weighted by atomic mass is 16.5. The van der Waals surface area contributed by atoms with E-state index in [9.17, 15) is 14.7 Å². The molecular weight excluding hydrogens is 348 g/mol. The highest BCUT2D eigenvalue weighted by molar-refractivity contribution is 5.85. The molecule has 0 aliphatic carbocycles. The molecule has 2 aliphatic rings. The van der Waals surface area contributed by atoms with Crippen LogP contribution in [0.15, 0.2) is 18.2 Å². The summed E-state index contributed by atoms with van der Waals surface area (Å²) >= 11 is 0. The van der Waals surface area contributed by atoms with Gasteiger partial charge in [-0.2, -0.15) is 0 Å². The van der Waals surface area contributed by atoms with Gasteiger partial charge in [-0.3, -0.25) is 9.69 Å². The molecule has 2 amide bonds. The van der Waals surface area contributed by atoms with Crippen LogP contribution in [0.3, 0.4) is 0 Å². The van der Waals surface area contributed by atoms with E-state index in [0.717, 1.165) is 30.8 Å². The van der Waals surface area contributed by atoms with Gasteiger partial charge in [-0.25, -0.2) is 4.79 Å². The summed E-state index contributed by atoms with van der Waals surface area (Å²) in [7, 11) is 0. The van der Waals surface area contributed by atoms with Gasteiger partial charge in [-0.1, -0.05) is 26.0 Å². The third kappa shape index (κ3) is 4.71. The van der Waals surface area contributed by atoms with E-state index < -0.39 is 12.1 Å². The minimum atomic E-state index is -1.08. The Labute approximate surface area is 159 Å². The standard InChI is InChI=1S/C20H28N2O5/c1-14(2)11-21(19(23)17-13-26-9-7-22(17)20(24)25)12-15-5-6-16-4-3-8-27-18(16)10-15/h5-6,10,14,17H,3-4,7-9,11-13H2,1-2H3,(H,24,25). The molecule has 27 heavy (non-hydrogen) atoms. The summed E-state index contributed by atoms with van der Waals surface area (Å²) in [5.41, 5.74) is 2.19. The Bertz CT molecular complexity index is 691. The number of hydrogen-bond acceptors (Lipinski definition) is 4. The molecule has 1 aromatic rings. The zero-order valence-corrected chi connectivity index (χ0v) is 16.0. The molecule has 7 heteroatoms. The first kappa shape index (κ1) is 19.5. The topological polar surface area (TPSA) is 79.3 Å². The second-order valence-electron chi connectivity index (χ2n) is 7.57. The zero-order chi connectivity index (χ0) is 19.4. The van der Waals surface area contributed by atoms with Gasteiger partial charge in [0.15, 0.2) is 0 Å². The second-order valence-corrected chi connectivity index (χ2v) is 7.57. The van der Waals surface area contributed by atoms with Crippen molar-refractivity contribution in [2.24, 2.45) is 5.92 Å². The first-order chi connectivity index (χ1) is 13.0. The van der Waals surface area contributed by atoms with Gasteiger partial charge in [-0.05, 0) is 36.0 Å². The summed E-state index contributed by atoms with van der Waals surface area (Å²) in [4.78, 5) is 27.6. The van der Waals surface area contributed by atoms with E-state index in [2.05, 4.69) is 6.07 Å². The summed E-state index contributed by atoms with van der Waals surface area (Å²) in [5, 5.41) is 9.43. The molecule has 1 atom stereocenters. The molecule has 148 valence electrons. The fraction of sp³-hybridized carbons (Fsp3) is 0.600. The summed E-state index contributed by atoms with van der Waals surface area (Å²) in [6, 6.07) is 5.31. The Hall–Kier alpha value is -2.28. The lowest BCUT2D eigenvalue weighted by molar-refractivity contribution is -0.143. The fourth-order valence-corrected chi connectivity index (χ4v) is 3.62. The van der Waals surface area contributed by atoms with Crippen LogP contribution >= 0.6 is 0 Å². The molecule has 0 bridgehead atoms. The van der Waals surface area contributed by atoms with Crippen LogP contribution in [-0.4, -0.2) is 65.9 Å². The number of fused-ring (bicyclic) bond motifs is 1. The van der Waals surface area contributed by atoms with Gasteiger partial charge in [0.1, 0.15) is 11.8 Å². The van der Waals surface area contributed by atoms with Gasteiger partial charge < -0.3 is 19.5 Å². The zero-order valence-electron chi connectivity index (χ0n) is 16.0. The number of rotatable bonds is 5. The largest absolute Gasteiger partial charge is 0.493 e. The number of carbonyl (C=O) groups excluding carboxylic acids is 1. The van der Waals surface area contributed by atoms with Gasteiger partial charge in [0, 0.05) is 19.6 Å².